The van der Waals surface area contributed by atoms with Gasteiger partial charge in [0.05, 0.1) is 28.2 Å². The van der Waals surface area contributed by atoms with E-state index in [0.29, 0.717) is 11.1 Å². The van der Waals surface area contributed by atoms with E-state index in [4.69, 9.17) is 0 Å². The Labute approximate surface area is 216 Å². The van der Waals surface area contributed by atoms with Gasteiger partial charge in [-0.1, -0.05) is 32.9 Å². The predicted molar refractivity (Wildman–Crippen MR) is 141 cm³/mol. The number of nitrogens with one attached hydrogen (secondary N) is 2. The summed E-state index contributed by atoms with van der Waals surface area (Å²) in [5.41, 5.74) is 4.36. The number of nitrogens with zero attached hydrogens (tertiary/aromatic N) is 3. The van der Waals surface area contributed by atoms with E-state index < -0.39 is 18.2 Å². The Balaban J connectivity index is 1.82. The number of rotatable bonds is 7. The van der Waals surface area contributed by atoms with Crippen LogP contribution in [-0.4, -0.2) is 83.5 Å². The highest BCUT2D eigenvalue weighted by Crippen LogP contribution is 2.30. The van der Waals surface area contributed by atoms with E-state index in [9.17, 15) is 19.5 Å². The first-order chi connectivity index (χ1) is 16.8. The lowest BCUT2D eigenvalue weighted by Gasteiger charge is -2.34. The monoisotopic (exact) mass is 515 g/mol. The molecule has 2 aromatic rings. The number of likely N-dealkylation sites (tertiary alicyclic amines) is 1. The van der Waals surface area contributed by atoms with Crippen LogP contribution < -0.4 is 10.6 Å². The number of β-amino-alcohol motifs (C(OH)–C–C–N with tert-alkyl or cyclic N) is 1. The number of amides is 3. The minimum absolute atomic E-state index is 0.110. The van der Waals surface area contributed by atoms with E-state index in [1.165, 1.54) is 21.1 Å². The summed E-state index contributed by atoms with van der Waals surface area (Å²) in [4.78, 5) is 47.7. The zero-order chi connectivity index (χ0) is 26.8. The van der Waals surface area contributed by atoms with Crippen LogP contribution in [0.3, 0.4) is 0 Å². The van der Waals surface area contributed by atoms with Crippen molar-refractivity contribution in [1.82, 2.24) is 25.4 Å². The molecule has 1 aliphatic rings. The molecule has 1 aromatic carbocycles. The molecule has 1 aromatic heterocycles. The van der Waals surface area contributed by atoms with Crippen LogP contribution in [0.5, 0.6) is 0 Å². The molecular weight excluding hydrogens is 478 g/mol. The van der Waals surface area contributed by atoms with Crippen LogP contribution in [0.15, 0.2) is 23.7 Å². The van der Waals surface area contributed by atoms with Gasteiger partial charge in [0.25, 0.3) is 5.91 Å². The maximum absolute atomic E-state index is 13.3. The lowest BCUT2D eigenvalue weighted by atomic mass is 9.86. The predicted octanol–water partition coefficient (Wildman–Crippen LogP) is 2.03. The van der Waals surface area contributed by atoms with Crippen molar-refractivity contribution in [3.05, 3.63) is 40.5 Å². The van der Waals surface area contributed by atoms with Crippen LogP contribution in [0.1, 0.15) is 48.8 Å². The van der Waals surface area contributed by atoms with E-state index in [1.807, 2.05) is 45.9 Å². The molecule has 0 unspecified atom stereocenters. The first-order valence-corrected chi connectivity index (χ1v) is 12.9. The van der Waals surface area contributed by atoms with Gasteiger partial charge in [0.1, 0.15) is 6.04 Å². The number of likely N-dealkylation sites (N-methyl/N-ethyl adjacent to an activating group) is 1. The molecule has 0 radical (unpaired) electrons. The van der Waals surface area contributed by atoms with Gasteiger partial charge in [-0.15, -0.1) is 11.3 Å². The first-order valence-electron chi connectivity index (χ1n) is 12.0. The SMILES string of the molecule is CN[C@H](C(=O)N1C[C@H](O)C[C@H]1C(=O)NCc1ccc(-c2scnc2C)cc1C(=O)N(C)C)C(C)(C)C. The van der Waals surface area contributed by atoms with Gasteiger partial charge in [-0.05, 0) is 36.6 Å². The van der Waals surface area contributed by atoms with Gasteiger partial charge in [-0.2, -0.15) is 0 Å². The Kier molecular flexibility index (Phi) is 8.53. The van der Waals surface area contributed by atoms with Crippen molar-refractivity contribution in [3.8, 4) is 10.4 Å². The second-order valence-corrected chi connectivity index (χ2v) is 11.4. The summed E-state index contributed by atoms with van der Waals surface area (Å²) in [6.45, 7) is 8.02. The maximum atomic E-state index is 13.3. The molecule has 1 saturated heterocycles. The number of aromatic nitrogens is 1. The van der Waals surface area contributed by atoms with Gasteiger partial charge in [-0.3, -0.25) is 14.4 Å². The highest BCUT2D eigenvalue weighted by atomic mass is 32.1. The van der Waals surface area contributed by atoms with Gasteiger partial charge >= 0.3 is 0 Å². The van der Waals surface area contributed by atoms with Crippen LogP contribution in [0.4, 0.5) is 0 Å². The summed E-state index contributed by atoms with van der Waals surface area (Å²) in [5, 5.41) is 16.2. The third-order valence-electron chi connectivity index (χ3n) is 6.47. The molecule has 10 heteroatoms. The summed E-state index contributed by atoms with van der Waals surface area (Å²) in [6, 6.07) is 4.32. The minimum Gasteiger partial charge on any atom is -0.391 e. The average molecular weight is 516 g/mol. The van der Waals surface area contributed by atoms with Crippen molar-refractivity contribution >= 4 is 29.1 Å². The number of aliphatic hydroxyl groups is 1. The Hall–Kier alpha value is -2.82. The lowest BCUT2D eigenvalue weighted by Crippen LogP contribution is -2.55. The van der Waals surface area contributed by atoms with Gasteiger partial charge in [0.15, 0.2) is 0 Å². The lowest BCUT2D eigenvalue weighted by molar-refractivity contribution is -0.142. The second kappa shape index (κ2) is 11.1. The molecule has 0 aliphatic carbocycles. The van der Waals surface area contributed by atoms with Crippen molar-refractivity contribution in [2.45, 2.75) is 58.8 Å². The molecule has 3 atom stereocenters. The summed E-state index contributed by atoms with van der Waals surface area (Å²) >= 11 is 1.51. The molecule has 196 valence electrons. The molecule has 36 heavy (non-hydrogen) atoms. The van der Waals surface area contributed by atoms with E-state index in [0.717, 1.165) is 16.1 Å². The summed E-state index contributed by atoms with van der Waals surface area (Å²) in [6.07, 6.45) is -0.597. The number of hydrogen-bond donors (Lipinski definition) is 3. The fourth-order valence-corrected chi connectivity index (χ4v) is 5.39. The molecule has 3 rings (SSSR count). The van der Waals surface area contributed by atoms with Crippen molar-refractivity contribution in [3.63, 3.8) is 0 Å². The number of hydrogen-bond acceptors (Lipinski definition) is 7. The fourth-order valence-electron chi connectivity index (χ4n) is 4.59. The quantitative estimate of drug-likeness (QED) is 0.520. The summed E-state index contributed by atoms with van der Waals surface area (Å²) in [5.74, 6) is -0.734. The number of carbonyl (C=O) groups excluding carboxylic acids is 3. The third kappa shape index (κ3) is 5.93. The van der Waals surface area contributed by atoms with E-state index in [1.54, 1.807) is 26.7 Å². The molecule has 0 saturated carbocycles. The highest BCUT2D eigenvalue weighted by molar-refractivity contribution is 7.13. The number of carbonyl (C=O) groups is 3. The molecule has 9 nitrogen and oxygen atoms in total. The van der Waals surface area contributed by atoms with E-state index in [2.05, 4.69) is 15.6 Å². The molecule has 0 bridgehead atoms. The molecule has 1 fully saturated rings. The standard InChI is InChI=1S/C26H37N5O4S/c1-15-21(36-14-29-15)16-8-9-17(19(10-16)24(34)30(6)7)12-28-23(33)20-11-18(32)13-31(20)25(35)22(27-5)26(2,3)4/h8-10,14,18,20,22,27,32H,11-13H2,1-7H3,(H,28,33)/t18-,20+,22-/m1/s1. The topological polar surface area (TPSA) is 115 Å². The fraction of sp³-hybridized carbons (Fsp3) is 0.538. The smallest absolute Gasteiger partial charge is 0.253 e. The summed E-state index contributed by atoms with van der Waals surface area (Å²) in [7, 11) is 5.09. The Morgan fingerprint density at radius 2 is 1.97 bits per heavy atom. The van der Waals surface area contributed by atoms with Gasteiger partial charge in [0.2, 0.25) is 11.8 Å². The van der Waals surface area contributed by atoms with Crippen LogP contribution >= 0.6 is 11.3 Å². The molecule has 3 amide bonds. The molecule has 3 N–H and O–H groups in total. The molecule has 2 heterocycles. The van der Waals surface area contributed by atoms with Crippen molar-refractivity contribution < 1.29 is 19.5 Å². The Bertz CT molecular complexity index is 1120. The van der Waals surface area contributed by atoms with Crippen LogP contribution in [0, 0.1) is 12.3 Å². The average Bonchev–Trinajstić information content (AvgIpc) is 3.41. The third-order valence-corrected chi connectivity index (χ3v) is 7.45. The number of aliphatic hydroxyl groups excluding tert-OH is 1. The van der Waals surface area contributed by atoms with Crippen molar-refractivity contribution in [1.29, 1.82) is 0 Å². The van der Waals surface area contributed by atoms with Crippen molar-refractivity contribution in [2.24, 2.45) is 5.41 Å². The van der Waals surface area contributed by atoms with Crippen LogP contribution in [0.2, 0.25) is 0 Å². The highest BCUT2D eigenvalue weighted by Gasteiger charge is 2.43. The maximum Gasteiger partial charge on any atom is 0.253 e. The first kappa shape index (κ1) is 27.8. The normalized spacial score (nSPS) is 18.7. The van der Waals surface area contributed by atoms with Gasteiger partial charge in [-0.25, -0.2) is 4.98 Å². The summed E-state index contributed by atoms with van der Waals surface area (Å²) < 4.78 is 0. The Morgan fingerprint density at radius 3 is 2.53 bits per heavy atom. The second-order valence-electron chi connectivity index (χ2n) is 10.5. The van der Waals surface area contributed by atoms with Gasteiger partial charge in [0, 0.05) is 39.2 Å². The van der Waals surface area contributed by atoms with Crippen LogP contribution in [0.25, 0.3) is 10.4 Å². The van der Waals surface area contributed by atoms with Crippen molar-refractivity contribution in [2.75, 3.05) is 27.7 Å². The number of thiazole rings is 1. The molecular formula is C26H37N5O4S. The van der Waals surface area contributed by atoms with Crippen LogP contribution in [-0.2, 0) is 16.1 Å². The molecule has 0 spiro atoms. The van der Waals surface area contributed by atoms with Gasteiger partial charge < -0.3 is 25.5 Å². The Morgan fingerprint density at radius 1 is 1.28 bits per heavy atom. The number of aryl methyl sites for hydroxylation is 1. The zero-order valence-electron chi connectivity index (χ0n) is 22.1. The zero-order valence-corrected chi connectivity index (χ0v) is 22.9. The molecule has 1 aliphatic heterocycles. The van der Waals surface area contributed by atoms with E-state index in [-0.39, 0.29) is 42.6 Å². The van der Waals surface area contributed by atoms with E-state index >= 15 is 0 Å². The number of benzene rings is 1. The largest absolute Gasteiger partial charge is 0.391 e. The minimum atomic E-state index is -0.780.